The molecule has 0 bridgehead atoms. The number of carboxylic acid groups (broad SMARTS) is 1. The molecule has 6 heteroatoms. The smallest absolute Gasteiger partial charge is 0.331 e. The summed E-state index contributed by atoms with van der Waals surface area (Å²) >= 11 is 0. The Bertz CT molecular complexity index is 738. The zero-order valence-corrected chi connectivity index (χ0v) is 13.0. The zero-order chi connectivity index (χ0) is 16.4. The van der Waals surface area contributed by atoms with E-state index >= 15 is 0 Å². The van der Waals surface area contributed by atoms with Gasteiger partial charge in [0.05, 0.1) is 11.8 Å². The standard InChI is InChI=1S/C17H19N3O3/c1-2-8-19-11-13(10-18-19)16(21)20-9-7-12-5-3-4-6-14(12)15(20)17(22)23/h3-6,10-11,15H,2,7-9H2,1H3,(H,22,23). The van der Waals surface area contributed by atoms with E-state index in [1.807, 2.05) is 25.1 Å². The van der Waals surface area contributed by atoms with Crippen LogP contribution >= 0.6 is 0 Å². The maximum absolute atomic E-state index is 12.8. The summed E-state index contributed by atoms with van der Waals surface area (Å²) in [5, 5.41) is 13.8. The highest BCUT2D eigenvalue weighted by atomic mass is 16.4. The number of rotatable bonds is 4. The van der Waals surface area contributed by atoms with Gasteiger partial charge in [-0.2, -0.15) is 5.10 Å². The predicted octanol–water partition coefficient (Wildman–Crippen LogP) is 2.12. The molecule has 3 rings (SSSR count). The topological polar surface area (TPSA) is 75.4 Å². The quantitative estimate of drug-likeness (QED) is 0.938. The highest BCUT2D eigenvalue weighted by molar-refractivity contribution is 5.96. The second kappa shape index (κ2) is 6.24. The average Bonchev–Trinajstić information content (AvgIpc) is 3.02. The van der Waals surface area contributed by atoms with Gasteiger partial charge in [-0.3, -0.25) is 9.48 Å². The Hall–Kier alpha value is -2.63. The van der Waals surface area contributed by atoms with Crippen LogP contribution in [0.25, 0.3) is 0 Å². The molecule has 1 aliphatic rings. The number of carbonyl (C=O) groups excluding carboxylic acids is 1. The first-order valence-electron chi connectivity index (χ1n) is 7.76. The van der Waals surface area contributed by atoms with E-state index in [2.05, 4.69) is 5.10 Å². The van der Waals surface area contributed by atoms with Crippen LogP contribution < -0.4 is 0 Å². The fourth-order valence-electron chi connectivity index (χ4n) is 3.04. The number of amides is 1. The van der Waals surface area contributed by atoms with E-state index in [4.69, 9.17) is 0 Å². The number of benzene rings is 1. The molecule has 1 aliphatic heterocycles. The van der Waals surface area contributed by atoms with Gasteiger partial charge in [-0.25, -0.2) is 4.79 Å². The van der Waals surface area contributed by atoms with Gasteiger partial charge in [-0.05, 0) is 24.0 Å². The molecule has 0 aliphatic carbocycles. The van der Waals surface area contributed by atoms with Crippen molar-refractivity contribution in [2.24, 2.45) is 0 Å². The van der Waals surface area contributed by atoms with Gasteiger partial charge in [0.2, 0.25) is 0 Å². The van der Waals surface area contributed by atoms with Crippen LogP contribution in [0.3, 0.4) is 0 Å². The summed E-state index contributed by atoms with van der Waals surface area (Å²) in [4.78, 5) is 25.9. The van der Waals surface area contributed by atoms with Gasteiger partial charge in [0, 0.05) is 19.3 Å². The lowest BCUT2D eigenvalue weighted by atomic mass is 9.92. The first-order chi connectivity index (χ1) is 11.1. The van der Waals surface area contributed by atoms with Crippen molar-refractivity contribution in [1.82, 2.24) is 14.7 Å². The van der Waals surface area contributed by atoms with Gasteiger partial charge in [0.15, 0.2) is 6.04 Å². The summed E-state index contributed by atoms with van der Waals surface area (Å²) in [5.74, 6) is -1.29. The third kappa shape index (κ3) is 2.84. The van der Waals surface area contributed by atoms with E-state index in [0.29, 0.717) is 24.1 Å². The van der Waals surface area contributed by atoms with E-state index in [-0.39, 0.29) is 5.91 Å². The van der Waals surface area contributed by atoms with Crippen LogP contribution in [0, 0.1) is 0 Å². The molecule has 120 valence electrons. The van der Waals surface area contributed by atoms with Crippen LogP contribution in [0.4, 0.5) is 0 Å². The van der Waals surface area contributed by atoms with Gasteiger partial charge in [-0.15, -0.1) is 0 Å². The average molecular weight is 313 g/mol. The maximum Gasteiger partial charge on any atom is 0.331 e. The summed E-state index contributed by atoms with van der Waals surface area (Å²) < 4.78 is 1.71. The molecule has 0 spiro atoms. The summed E-state index contributed by atoms with van der Waals surface area (Å²) in [6.45, 7) is 3.16. The summed E-state index contributed by atoms with van der Waals surface area (Å²) in [7, 11) is 0. The molecule has 0 fully saturated rings. The third-order valence-electron chi connectivity index (χ3n) is 4.11. The van der Waals surface area contributed by atoms with E-state index < -0.39 is 12.0 Å². The first-order valence-corrected chi connectivity index (χ1v) is 7.76. The van der Waals surface area contributed by atoms with Crippen molar-refractivity contribution in [3.8, 4) is 0 Å². The molecule has 6 nitrogen and oxygen atoms in total. The Labute approximate surface area is 134 Å². The Morgan fingerprint density at radius 1 is 1.35 bits per heavy atom. The number of hydrogen-bond acceptors (Lipinski definition) is 3. The second-order valence-corrected chi connectivity index (χ2v) is 5.68. The summed E-state index contributed by atoms with van der Waals surface area (Å²) in [5.41, 5.74) is 2.12. The molecule has 2 heterocycles. The molecular weight excluding hydrogens is 294 g/mol. The van der Waals surface area contributed by atoms with Crippen LogP contribution in [0.15, 0.2) is 36.7 Å². The zero-order valence-electron chi connectivity index (χ0n) is 13.0. The lowest BCUT2D eigenvalue weighted by molar-refractivity contribution is -0.143. The largest absolute Gasteiger partial charge is 0.479 e. The van der Waals surface area contributed by atoms with Crippen LogP contribution in [-0.4, -0.2) is 38.2 Å². The molecule has 1 unspecified atom stereocenters. The third-order valence-corrected chi connectivity index (χ3v) is 4.11. The minimum absolute atomic E-state index is 0.283. The van der Waals surface area contributed by atoms with Gasteiger partial charge >= 0.3 is 5.97 Å². The fraction of sp³-hybridized carbons (Fsp3) is 0.353. The molecule has 23 heavy (non-hydrogen) atoms. The van der Waals surface area contributed by atoms with Crippen molar-refractivity contribution >= 4 is 11.9 Å². The first kappa shape index (κ1) is 15.3. The molecule has 0 saturated heterocycles. The molecule has 1 amide bonds. The lowest BCUT2D eigenvalue weighted by Crippen LogP contribution is -2.43. The molecule has 1 atom stereocenters. The molecular formula is C17H19N3O3. The number of fused-ring (bicyclic) bond motifs is 1. The number of aromatic nitrogens is 2. The summed E-state index contributed by atoms with van der Waals surface area (Å²) in [6, 6.07) is 6.47. The SMILES string of the molecule is CCCn1cc(C(=O)N2CCc3ccccc3C2C(=O)O)cn1. The van der Waals surface area contributed by atoms with Crippen LogP contribution in [0.1, 0.15) is 40.9 Å². The highest BCUT2D eigenvalue weighted by Gasteiger charge is 2.36. The van der Waals surface area contributed by atoms with Crippen LogP contribution in [-0.2, 0) is 17.8 Å². The molecule has 0 saturated carbocycles. The van der Waals surface area contributed by atoms with Crippen molar-refractivity contribution < 1.29 is 14.7 Å². The van der Waals surface area contributed by atoms with Gasteiger partial charge in [0.1, 0.15) is 0 Å². The monoisotopic (exact) mass is 313 g/mol. The Morgan fingerprint density at radius 3 is 2.87 bits per heavy atom. The molecule has 1 N–H and O–H groups in total. The molecule has 0 radical (unpaired) electrons. The normalized spacial score (nSPS) is 16.9. The molecule has 2 aromatic rings. The van der Waals surface area contributed by atoms with Crippen molar-refractivity contribution in [3.05, 3.63) is 53.3 Å². The van der Waals surface area contributed by atoms with Gasteiger partial charge in [-0.1, -0.05) is 31.2 Å². The summed E-state index contributed by atoms with van der Waals surface area (Å²) in [6.07, 6.45) is 4.78. The van der Waals surface area contributed by atoms with Crippen molar-refractivity contribution in [2.75, 3.05) is 6.54 Å². The Kier molecular flexibility index (Phi) is 4.14. The number of carbonyl (C=O) groups is 2. The number of hydrogen-bond donors (Lipinski definition) is 1. The minimum atomic E-state index is -1.01. The van der Waals surface area contributed by atoms with Crippen molar-refractivity contribution in [1.29, 1.82) is 0 Å². The van der Waals surface area contributed by atoms with Crippen molar-refractivity contribution in [3.63, 3.8) is 0 Å². The maximum atomic E-state index is 12.8. The van der Waals surface area contributed by atoms with Gasteiger partial charge in [0.25, 0.3) is 5.91 Å². The Balaban J connectivity index is 1.92. The Morgan fingerprint density at radius 2 is 2.13 bits per heavy atom. The minimum Gasteiger partial charge on any atom is -0.479 e. The number of aliphatic carboxylic acids is 1. The van der Waals surface area contributed by atoms with Crippen LogP contribution in [0.2, 0.25) is 0 Å². The van der Waals surface area contributed by atoms with E-state index in [1.165, 1.54) is 11.1 Å². The van der Waals surface area contributed by atoms with Gasteiger partial charge < -0.3 is 10.0 Å². The molecule has 1 aromatic carbocycles. The number of carboxylic acids is 1. The van der Waals surface area contributed by atoms with Crippen LogP contribution in [0.5, 0.6) is 0 Å². The lowest BCUT2D eigenvalue weighted by Gasteiger charge is -2.34. The second-order valence-electron chi connectivity index (χ2n) is 5.68. The fourth-order valence-corrected chi connectivity index (χ4v) is 3.04. The van der Waals surface area contributed by atoms with E-state index in [9.17, 15) is 14.7 Å². The highest BCUT2D eigenvalue weighted by Crippen LogP contribution is 2.31. The van der Waals surface area contributed by atoms with E-state index in [1.54, 1.807) is 16.9 Å². The van der Waals surface area contributed by atoms with E-state index in [0.717, 1.165) is 18.5 Å². The van der Waals surface area contributed by atoms with Crippen molar-refractivity contribution in [2.45, 2.75) is 32.4 Å². The number of nitrogens with zero attached hydrogens (tertiary/aromatic N) is 3. The predicted molar refractivity (Wildman–Crippen MR) is 84.1 cm³/mol. The number of aryl methyl sites for hydroxylation is 1. The molecule has 1 aromatic heterocycles.